The highest BCUT2D eigenvalue weighted by molar-refractivity contribution is 5.89. The summed E-state index contributed by atoms with van der Waals surface area (Å²) in [4.78, 5) is 38.8. The first-order valence-corrected chi connectivity index (χ1v) is 11.3. The summed E-state index contributed by atoms with van der Waals surface area (Å²) >= 11 is 0. The van der Waals surface area contributed by atoms with Crippen LogP contribution in [-0.4, -0.2) is 48.5 Å². The zero-order valence-electron chi connectivity index (χ0n) is 18.3. The normalized spacial score (nSPS) is 18.0. The van der Waals surface area contributed by atoms with Gasteiger partial charge in [0.25, 0.3) is 5.91 Å². The van der Waals surface area contributed by atoms with Gasteiger partial charge in [-0.15, -0.1) is 0 Å². The number of piperidine rings is 1. The Bertz CT molecular complexity index is 785. The molecule has 1 aromatic rings. The molecule has 3 rings (SSSR count). The molecule has 0 saturated carbocycles. The summed E-state index contributed by atoms with van der Waals surface area (Å²) in [6, 6.07) is 9.12. The maximum absolute atomic E-state index is 12.5. The molecule has 3 amide bonds. The smallest absolute Gasteiger partial charge is 0.321 e. The van der Waals surface area contributed by atoms with Crippen LogP contribution >= 0.6 is 0 Å². The van der Waals surface area contributed by atoms with Crippen molar-refractivity contribution in [1.82, 2.24) is 10.2 Å². The lowest BCUT2D eigenvalue weighted by molar-refractivity contribution is -0.159. The maximum atomic E-state index is 12.5. The van der Waals surface area contributed by atoms with Crippen LogP contribution in [0.25, 0.3) is 0 Å². The third kappa shape index (κ3) is 7.12. The largest absolute Gasteiger partial charge is 0.452 e. The van der Waals surface area contributed by atoms with Crippen LogP contribution in [0, 0.1) is 5.92 Å². The molecule has 1 aromatic carbocycles. The summed E-state index contributed by atoms with van der Waals surface area (Å²) in [6.07, 6.45) is 8.09. The first-order valence-electron chi connectivity index (χ1n) is 11.3. The molecule has 2 aliphatic rings. The zero-order chi connectivity index (χ0) is 22.1. The minimum absolute atomic E-state index is 0.168. The Morgan fingerprint density at radius 3 is 2.55 bits per heavy atom. The molecule has 0 bridgehead atoms. The lowest BCUT2D eigenvalue weighted by atomic mass is 9.97. The van der Waals surface area contributed by atoms with E-state index in [1.807, 2.05) is 30.3 Å². The monoisotopic (exact) mass is 427 g/mol. The quantitative estimate of drug-likeness (QED) is 0.511. The second-order valence-electron chi connectivity index (χ2n) is 8.29. The SMILES string of the molecule is C[C@H](OC(=O)C1CCN(C(=O)Nc2ccccc2)CC1)C(=O)NCCC1=CCCCC1. The fraction of sp³-hybridized carbons (Fsp3) is 0.542. The summed E-state index contributed by atoms with van der Waals surface area (Å²) in [5.74, 6) is -0.909. The Balaban J connectivity index is 1.35. The average Bonchev–Trinajstić information content (AvgIpc) is 2.80. The van der Waals surface area contributed by atoms with E-state index in [1.165, 1.54) is 18.4 Å². The van der Waals surface area contributed by atoms with Crippen molar-refractivity contribution >= 4 is 23.6 Å². The van der Waals surface area contributed by atoms with Crippen molar-refractivity contribution in [3.63, 3.8) is 0 Å². The number of likely N-dealkylation sites (tertiary alicyclic amines) is 1. The molecular formula is C24H33N3O4. The third-order valence-electron chi connectivity index (χ3n) is 5.93. The number of urea groups is 1. The van der Waals surface area contributed by atoms with Gasteiger partial charge in [0.15, 0.2) is 6.10 Å². The Morgan fingerprint density at radius 2 is 1.87 bits per heavy atom. The van der Waals surface area contributed by atoms with E-state index in [-0.39, 0.29) is 23.8 Å². The van der Waals surface area contributed by atoms with E-state index in [0.29, 0.717) is 32.5 Å². The molecule has 7 heteroatoms. The van der Waals surface area contributed by atoms with Gasteiger partial charge in [0.2, 0.25) is 0 Å². The minimum Gasteiger partial charge on any atom is -0.452 e. The van der Waals surface area contributed by atoms with Crippen LogP contribution in [0.15, 0.2) is 42.0 Å². The summed E-state index contributed by atoms with van der Waals surface area (Å²) in [5.41, 5.74) is 2.15. The van der Waals surface area contributed by atoms with Gasteiger partial charge < -0.3 is 20.3 Å². The van der Waals surface area contributed by atoms with Gasteiger partial charge in [-0.05, 0) is 64.0 Å². The lowest BCUT2D eigenvalue weighted by Gasteiger charge is -2.31. The van der Waals surface area contributed by atoms with Crippen molar-refractivity contribution < 1.29 is 19.1 Å². The van der Waals surface area contributed by atoms with E-state index < -0.39 is 6.10 Å². The molecule has 1 fully saturated rings. The molecule has 31 heavy (non-hydrogen) atoms. The van der Waals surface area contributed by atoms with Crippen LogP contribution in [0.2, 0.25) is 0 Å². The molecule has 1 saturated heterocycles. The number of carbonyl (C=O) groups is 3. The van der Waals surface area contributed by atoms with Gasteiger partial charge in [0.1, 0.15) is 0 Å². The molecule has 0 radical (unpaired) electrons. The summed E-state index contributed by atoms with van der Waals surface area (Å²) in [7, 11) is 0. The third-order valence-corrected chi connectivity index (χ3v) is 5.93. The van der Waals surface area contributed by atoms with Gasteiger partial charge in [0.05, 0.1) is 5.92 Å². The Labute approximate surface area is 184 Å². The predicted molar refractivity (Wildman–Crippen MR) is 119 cm³/mol. The van der Waals surface area contributed by atoms with E-state index >= 15 is 0 Å². The van der Waals surface area contributed by atoms with Crippen LogP contribution in [0.1, 0.15) is 51.9 Å². The maximum Gasteiger partial charge on any atom is 0.321 e. The number of hydrogen-bond acceptors (Lipinski definition) is 4. The summed E-state index contributed by atoms with van der Waals surface area (Å²) in [5, 5.41) is 5.72. The van der Waals surface area contributed by atoms with Crippen molar-refractivity contribution in [1.29, 1.82) is 0 Å². The molecule has 0 unspecified atom stereocenters. The molecule has 1 heterocycles. The van der Waals surface area contributed by atoms with Crippen molar-refractivity contribution in [2.75, 3.05) is 25.0 Å². The number of hydrogen-bond donors (Lipinski definition) is 2. The Hall–Kier alpha value is -2.83. The second kappa shape index (κ2) is 11.5. The number of nitrogens with one attached hydrogen (secondary N) is 2. The van der Waals surface area contributed by atoms with E-state index in [2.05, 4.69) is 16.7 Å². The highest BCUT2D eigenvalue weighted by atomic mass is 16.5. The van der Waals surface area contributed by atoms with Gasteiger partial charge in [-0.2, -0.15) is 0 Å². The Kier molecular flexibility index (Phi) is 8.50. The van der Waals surface area contributed by atoms with Crippen LogP contribution in [0.4, 0.5) is 10.5 Å². The number of anilines is 1. The summed E-state index contributed by atoms with van der Waals surface area (Å²) in [6.45, 7) is 3.14. The van der Waals surface area contributed by atoms with Crippen LogP contribution in [0.3, 0.4) is 0 Å². The topological polar surface area (TPSA) is 87.7 Å². The van der Waals surface area contributed by atoms with Crippen molar-refractivity contribution in [3.05, 3.63) is 42.0 Å². The van der Waals surface area contributed by atoms with Gasteiger partial charge in [0, 0.05) is 25.3 Å². The van der Waals surface area contributed by atoms with E-state index in [9.17, 15) is 14.4 Å². The number of allylic oxidation sites excluding steroid dienone is 1. The molecule has 0 aromatic heterocycles. The molecule has 1 aliphatic heterocycles. The lowest BCUT2D eigenvalue weighted by Crippen LogP contribution is -2.44. The van der Waals surface area contributed by atoms with Crippen molar-refractivity contribution in [2.45, 2.75) is 58.0 Å². The predicted octanol–water partition coefficient (Wildman–Crippen LogP) is 3.87. The van der Waals surface area contributed by atoms with Gasteiger partial charge in [-0.1, -0.05) is 29.8 Å². The standard InChI is InChI=1S/C24H33N3O4/c1-18(22(28)25-15-12-19-8-4-2-5-9-19)31-23(29)20-13-16-27(17-14-20)24(30)26-21-10-6-3-7-11-21/h3,6-8,10-11,18,20H,2,4-5,9,12-17H2,1H3,(H,25,28)(H,26,30)/t18-/m0/s1. The van der Waals surface area contributed by atoms with Crippen molar-refractivity contribution in [2.24, 2.45) is 5.92 Å². The molecular weight excluding hydrogens is 394 g/mol. The number of amides is 3. The number of rotatable bonds is 7. The van der Waals surface area contributed by atoms with Gasteiger partial charge in [-0.25, -0.2) is 4.79 Å². The number of ether oxygens (including phenoxy) is 1. The number of benzene rings is 1. The van der Waals surface area contributed by atoms with E-state index in [0.717, 1.165) is 24.9 Å². The van der Waals surface area contributed by atoms with Gasteiger partial charge in [-0.3, -0.25) is 9.59 Å². The molecule has 0 spiro atoms. The fourth-order valence-electron chi connectivity index (χ4n) is 3.99. The van der Waals surface area contributed by atoms with Crippen LogP contribution in [-0.2, 0) is 14.3 Å². The first-order chi connectivity index (χ1) is 15.0. The molecule has 2 N–H and O–H groups in total. The minimum atomic E-state index is -0.813. The highest BCUT2D eigenvalue weighted by Gasteiger charge is 2.30. The highest BCUT2D eigenvalue weighted by Crippen LogP contribution is 2.21. The van der Waals surface area contributed by atoms with E-state index in [4.69, 9.17) is 4.74 Å². The molecule has 1 atom stereocenters. The molecule has 168 valence electrons. The van der Waals surface area contributed by atoms with Crippen LogP contribution in [0.5, 0.6) is 0 Å². The average molecular weight is 428 g/mol. The number of nitrogens with zero attached hydrogens (tertiary/aromatic N) is 1. The second-order valence-corrected chi connectivity index (χ2v) is 8.29. The van der Waals surface area contributed by atoms with E-state index in [1.54, 1.807) is 11.8 Å². The number of carbonyl (C=O) groups excluding carboxylic acids is 3. The zero-order valence-corrected chi connectivity index (χ0v) is 18.3. The van der Waals surface area contributed by atoms with Gasteiger partial charge >= 0.3 is 12.0 Å². The Morgan fingerprint density at radius 1 is 1.13 bits per heavy atom. The molecule has 7 nitrogen and oxygen atoms in total. The number of para-hydroxylation sites is 1. The van der Waals surface area contributed by atoms with Crippen molar-refractivity contribution in [3.8, 4) is 0 Å². The first kappa shape index (κ1) is 22.8. The number of esters is 1. The summed E-state index contributed by atoms with van der Waals surface area (Å²) < 4.78 is 5.40. The van der Waals surface area contributed by atoms with Crippen LogP contribution < -0.4 is 10.6 Å². The fourth-order valence-corrected chi connectivity index (χ4v) is 3.99. The molecule has 1 aliphatic carbocycles.